The summed E-state index contributed by atoms with van der Waals surface area (Å²) in [6, 6.07) is 14.5. The molecular formula is C22H26N2O4. The van der Waals surface area contributed by atoms with Crippen molar-refractivity contribution in [3.8, 4) is 11.5 Å². The van der Waals surface area contributed by atoms with Gasteiger partial charge in [0, 0.05) is 23.2 Å². The highest BCUT2D eigenvalue weighted by Crippen LogP contribution is 2.21. The van der Waals surface area contributed by atoms with Crippen molar-refractivity contribution in [2.45, 2.75) is 37.8 Å². The van der Waals surface area contributed by atoms with Crippen molar-refractivity contribution in [3.63, 3.8) is 0 Å². The maximum Gasteiger partial charge on any atom is 0.251 e. The SMILES string of the molecule is COc1cccc(C(=O)NC2CCC(NC(=O)c3cccc(OC)c3)CC2)c1. The van der Waals surface area contributed by atoms with Crippen LogP contribution in [0.2, 0.25) is 0 Å². The molecule has 3 rings (SSSR count). The molecule has 0 aliphatic heterocycles. The highest BCUT2D eigenvalue weighted by molar-refractivity contribution is 5.95. The van der Waals surface area contributed by atoms with Crippen LogP contribution in [0.25, 0.3) is 0 Å². The number of rotatable bonds is 6. The molecule has 2 N–H and O–H groups in total. The number of carbonyl (C=O) groups excluding carboxylic acids is 2. The second-order valence-electron chi connectivity index (χ2n) is 6.96. The topological polar surface area (TPSA) is 76.7 Å². The van der Waals surface area contributed by atoms with Crippen molar-refractivity contribution >= 4 is 11.8 Å². The van der Waals surface area contributed by atoms with Gasteiger partial charge in [-0.15, -0.1) is 0 Å². The predicted octanol–water partition coefficient (Wildman–Crippen LogP) is 3.17. The van der Waals surface area contributed by atoms with Crippen LogP contribution in [0.3, 0.4) is 0 Å². The van der Waals surface area contributed by atoms with E-state index < -0.39 is 0 Å². The number of hydrogen-bond acceptors (Lipinski definition) is 4. The quantitative estimate of drug-likeness (QED) is 0.805. The molecular weight excluding hydrogens is 356 g/mol. The summed E-state index contributed by atoms with van der Waals surface area (Å²) < 4.78 is 10.3. The third-order valence-corrected chi connectivity index (χ3v) is 5.06. The summed E-state index contributed by atoms with van der Waals surface area (Å²) in [5.74, 6) is 1.14. The van der Waals surface area contributed by atoms with Crippen LogP contribution in [0.4, 0.5) is 0 Å². The van der Waals surface area contributed by atoms with E-state index in [4.69, 9.17) is 9.47 Å². The van der Waals surface area contributed by atoms with Crippen molar-refractivity contribution < 1.29 is 19.1 Å². The molecule has 2 aromatic carbocycles. The van der Waals surface area contributed by atoms with Crippen LogP contribution in [-0.2, 0) is 0 Å². The van der Waals surface area contributed by atoms with E-state index in [2.05, 4.69) is 10.6 Å². The Labute approximate surface area is 165 Å². The fourth-order valence-electron chi connectivity index (χ4n) is 3.45. The molecule has 0 atom stereocenters. The largest absolute Gasteiger partial charge is 0.497 e. The second kappa shape index (κ2) is 9.26. The van der Waals surface area contributed by atoms with Gasteiger partial charge in [-0.2, -0.15) is 0 Å². The van der Waals surface area contributed by atoms with E-state index in [1.54, 1.807) is 50.6 Å². The van der Waals surface area contributed by atoms with Gasteiger partial charge in [0.25, 0.3) is 11.8 Å². The summed E-state index contributed by atoms with van der Waals surface area (Å²) in [5.41, 5.74) is 1.18. The average molecular weight is 382 g/mol. The molecule has 28 heavy (non-hydrogen) atoms. The number of carbonyl (C=O) groups is 2. The Hall–Kier alpha value is -3.02. The van der Waals surface area contributed by atoms with Gasteiger partial charge >= 0.3 is 0 Å². The second-order valence-corrected chi connectivity index (χ2v) is 6.96. The molecule has 2 aromatic rings. The van der Waals surface area contributed by atoms with Crippen LogP contribution in [0.5, 0.6) is 11.5 Å². The number of amides is 2. The highest BCUT2D eigenvalue weighted by Gasteiger charge is 2.24. The van der Waals surface area contributed by atoms with Crippen LogP contribution in [0, 0.1) is 0 Å². The number of methoxy groups -OCH3 is 2. The van der Waals surface area contributed by atoms with Gasteiger partial charge in [0.2, 0.25) is 0 Å². The monoisotopic (exact) mass is 382 g/mol. The van der Waals surface area contributed by atoms with E-state index in [1.165, 1.54) is 0 Å². The lowest BCUT2D eigenvalue weighted by Gasteiger charge is -2.29. The van der Waals surface area contributed by atoms with Gasteiger partial charge in [-0.05, 0) is 62.1 Å². The predicted molar refractivity (Wildman–Crippen MR) is 107 cm³/mol. The minimum atomic E-state index is -0.0947. The summed E-state index contributed by atoms with van der Waals surface area (Å²) in [6.07, 6.45) is 3.33. The molecule has 0 unspecified atom stereocenters. The smallest absolute Gasteiger partial charge is 0.251 e. The van der Waals surface area contributed by atoms with Crippen molar-refractivity contribution in [2.75, 3.05) is 14.2 Å². The highest BCUT2D eigenvalue weighted by atomic mass is 16.5. The summed E-state index contributed by atoms with van der Waals surface area (Å²) in [5, 5.41) is 6.17. The normalized spacial score (nSPS) is 18.8. The van der Waals surface area contributed by atoms with Crippen molar-refractivity contribution in [2.24, 2.45) is 0 Å². The minimum absolute atomic E-state index is 0.0947. The molecule has 0 saturated heterocycles. The van der Waals surface area contributed by atoms with E-state index in [-0.39, 0.29) is 23.9 Å². The average Bonchev–Trinajstić information content (AvgIpc) is 2.75. The Morgan fingerprint density at radius 3 is 1.50 bits per heavy atom. The van der Waals surface area contributed by atoms with Crippen LogP contribution < -0.4 is 20.1 Å². The molecule has 0 heterocycles. The summed E-state index contributed by atoms with van der Waals surface area (Å²) in [4.78, 5) is 24.9. The first-order valence-corrected chi connectivity index (χ1v) is 9.49. The van der Waals surface area contributed by atoms with Crippen LogP contribution >= 0.6 is 0 Å². The molecule has 0 radical (unpaired) electrons. The molecule has 1 saturated carbocycles. The van der Waals surface area contributed by atoms with E-state index in [0.717, 1.165) is 25.7 Å². The molecule has 1 aliphatic rings. The number of benzene rings is 2. The van der Waals surface area contributed by atoms with Crippen molar-refractivity contribution in [1.82, 2.24) is 10.6 Å². The molecule has 0 spiro atoms. The van der Waals surface area contributed by atoms with E-state index in [0.29, 0.717) is 22.6 Å². The van der Waals surface area contributed by atoms with E-state index in [1.807, 2.05) is 12.1 Å². The molecule has 2 amide bonds. The zero-order chi connectivity index (χ0) is 19.9. The molecule has 148 valence electrons. The fourth-order valence-corrected chi connectivity index (χ4v) is 3.45. The maximum atomic E-state index is 12.4. The van der Waals surface area contributed by atoms with Gasteiger partial charge in [-0.25, -0.2) is 0 Å². The zero-order valence-corrected chi connectivity index (χ0v) is 16.2. The van der Waals surface area contributed by atoms with Gasteiger partial charge in [0.1, 0.15) is 11.5 Å². The maximum absolute atomic E-state index is 12.4. The van der Waals surface area contributed by atoms with Gasteiger partial charge in [0.05, 0.1) is 14.2 Å². The number of hydrogen-bond donors (Lipinski definition) is 2. The van der Waals surface area contributed by atoms with Crippen molar-refractivity contribution in [1.29, 1.82) is 0 Å². The lowest BCUT2D eigenvalue weighted by molar-refractivity contribution is 0.0891. The number of nitrogens with one attached hydrogen (secondary N) is 2. The Kier molecular flexibility index (Phi) is 6.53. The molecule has 1 aliphatic carbocycles. The summed E-state index contributed by atoms with van der Waals surface area (Å²) in [6.45, 7) is 0. The summed E-state index contributed by atoms with van der Waals surface area (Å²) in [7, 11) is 3.16. The van der Waals surface area contributed by atoms with Crippen LogP contribution in [0.15, 0.2) is 48.5 Å². The molecule has 0 bridgehead atoms. The summed E-state index contributed by atoms with van der Waals surface area (Å²) >= 11 is 0. The minimum Gasteiger partial charge on any atom is -0.497 e. The van der Waals surface area contributed by atoms with Crippen LogP contribution in [0.1, 0.15) is 46.4 Å². The van der Waals surface area contributed by atoms with E-state index >= 15 is 0 Å². The first-order chi connectivity index (χ1) is 13.6. The first-order valence-electron chi connectivity index (χ1n) is 9.49. The van der Waals surface area contributed by atoms with Crippen LogP contribution in [-0.4, -0.2) is 38.1 Å². The Morgan fingerprint density at radius 2 is 1.14 bits per heavy atom. The van der Waals surface area contributed by atoms with Gasteiger partial charge < -0.3 is 20.1 Å². The Balaban J connectivity index is 1.48. The fraction of sp³-hybridized carbons (Fsp3) is 0.364. The van der Waals surface area contributed by atoms with Gasteiger partial charge in [-0.3, -0.25) is 9.59 Å². The van der Waals surface area contributed by atoms with Gasteiger partial charge in [-0.1, -0.05) is 12.1 Å². The number of ether oxygens (including phenoxy) is 2. The molecule has 6 nitrogen and oxygen atoms in total. The Bertz CT molecular complexity index is 759. The van der Waals surface area contributed by atoms with Crippen molar-refractivity contribution in [3.05, 3.63) is 59.7 Å². The van der Waals surface area contributed by atoms with E-state index in [9.17, 15) is 9.59 Å². The third-order valence-electron chi connectivity index (χ3n) is 5.06. The standard InChI is InChI=1S/C22H26N2O4/c1-27-19-7-3-5-15(13-19)21(25)23-17-9-11-18(12-10-17)24-22(26)16-6-4-8-20(14-16)28-2/h3-8,13-14,17-18H,9-12H2,1-2H3,(H,23,25)(H,24,26). The first kappa shape index (κ1) is 19.7. The Morgan fingerprint density at radius 1 is 0.750 bits per heavy atom. The van der Waals surface area contributed by atoms with Gasteiger partial charge in [0.15, 0.2) is 0 Å². The third kappa shape index (κ3) is 5.03. The molecule has 0 aromatic heterocycles. The lowest BCUT2D eigenvalue weighted by Crippen LogP contribution is -2.43. The zero-order valence-electron chi connectivity index (χ0n) is 16.2. The molecule has 1 fully saturated rings. The lowest BCUT2D eigenvalue weighted by atomic mass is 9.90. The molecule has 6 heteroatoms.